The van der Waals surface area contributed by atoms with E-state index in [1.807, 2.05) is 0 Å². The van der Waals surface area contributed by atoms with Crippen LogP contribution in [-0.2, 0) is 16.4 Å². The molecule has 7 heteroatoms. The first-order chi connectivity index (χ1) is 9.34. The van der Waals surface area contributed by atoms with Gasteiger partial charge in [-0.1, -0.05) is 6.92 Å². The number of carboxylic acids is 1. The van der Waals surface area contributed by atoms with Crippen molar-refractivity contribution in [2.45, 2.75) is 20.4 Å². The maximum absolute atomic E-state index is 11.6. The van der Waals surface area contributed by atoms with Crippen LogP contribution in [0.25, 0.3) is 11.0 Å². The maximum Gasteiger partial charge on any atom is 0.335 e. The highest BCUT2D eigenvalue weighted by Gasteiger charge is 2.13. The minimum absolute atomic E-state index is 0.0521. The fourth-order valence-corrected chi connectivity index (χ4v) is 2.79. The van der Waals surface area contributed by atoms with Crippen molar-refractivity contribution >= 4 is 26.8 Å². The molecule has 0 spiro atoms. The van der Waals surface area contributed by atoms with Crippen LogP contribution in [0.1, 0.15) is 23.1 Å². The van der Waals surface area contributed by atoms with Gasteiger partial charge in [-0.25, -0.2) is 18.2 Å². The Kier molecular flexibility index (Phi) is 3.80. The van der Waals surface area contributed by atoms with Gasteiger partial charge in [0.1, 0.15) is 5.82 Å². The Hall–Kier alpha value is -1.89. The molecule has 0 aliphatic rings. The standard InChI is InChI=1S/C13H16N2O4S/c1-3-20(18,19)7-6-15-9(2)14-11-8-10(13(16)17)4-5-12(11)15/h4-5,8H,3,6-7H2,1-2H3,(H,16,17). The van der Waals surface area contributed by atoms with Crippen molar-refractivity contribution in [3.8, 4) is 0 Å². The summed E-state index contributed by atoms with van der Waals surface area (Å²) >= 11 is 0. The molecule has 0 saturated heterocycles. The molecule has 2 rings (SSSR count). The number of hydrogen-bond donors (Lipinski definition) is 1. The first kappa shape index (κ1) is 14.5. The monoisotopic (exact) mass is 296 g/mol. The van der Waals surface area contributed by atoms with Gasteiger partial charge in [0.05, 0.1) is 22.3 Å². The predicted octanol–water partition coefficient (Wildman–Crippen LogP) is 1.48. The first-order valence-corrected chi connectivity index (χ1v) is 8.07. The van der Waals surface area contributed by atoms with Crippen LogP contribution >= 0.6 is 0 Å². The summed E-state index contributed by atoms with van der Waals surface area (Å²) in [7, 11) is -3.05. The van der Waals surface area contributed by atoms with Crippen molar-refractivity contribution in [3.63, 3.8) is 0 Å². The Bertz CT molecular complexity index is 762. The summed E-state index contributed by atoms with van der Waals surface area (Å²) in [5.74, 6) is -0.167. The largest absolute Gasteiger partial charge is 0.478 e. The molecule has 0 aliphatic carbocycles. The molecular weight excluding hydrogens is 280 g/mol. The number of nitrogens with zero attached hydrogens (tertiary/aromatic N) is 2. The Labute approximate surface area is 117 Å². The van der Waals surface area contributed by atoms with Crippen LogP contribution in [0.3, 0.4) is 0 Å². The summed E-state index contributed by atoms with van der Waals surface area (Å²) < 4.78 is 24.9. The summed E-state index contributed by atoms with van der Waals surface area (Å²) in [6, 6.07) is 4.66. The normalized spacial score (nSPS) is 11.9. The van der Waals surface area contributed by atoms with Gasteiger partial charge >= 0.3 is 5.97 Å². The van der Waals surface area contributed by atoms with Gasteiger partial charge < -0.3 is 9.67 Å². The summed E-state index contributed by atoms with van der Waals surface area (Å²) in [4.78, 5) is 15.2. The number of sulfone groups is 1. The van der Waals surface area contributed by atoms with Crippen LogP contribution < -0.4 is 0 Å². The van der Waals surface area contributed by atoms with E-state index in [2.05, 4.69) is 4.98 Å². The Morgan fingerprint density at radius 3 is 2.70 bits per heavy atom. The third-order valence-electron chi connectivity index (χ3n) is 3.25. The smallest absolute Gasteiger partial charge is 0.335 e. The van der Waals surface area contributed by atoms with Crippen molar-refractivity contribution in [1.82, 2.24) is 9.55 Å². The Balaban J connectivity index is 2.39. The lowest BCUT2D eigenvalue weighted by Gasteiger charge is -2.06. The highest BCUT2D eigenvalue weighted by atomic mass is 32.2. The number of aromatic carboxylic acids is 1. The van der Waals surface area contributed by atoms with E-state index >= 15 is 0 Å². The molecule has 0 radical (unpaired) electrons. The van der Waals surface area contributed by atoms with Crippen LogP contribution in [-0.4, -0.2) is 40.6 Å². The Morgan fingerprint density at radius 1 is 1.40 bits per heavy atom. The number of carboxylic acid groups (broad SMARTS) is 1. The number of hydrogen-bond acceptors (Lipinski definition) is 4. The molecule has 1 aromatic heterocycles. The second-order valence-corrected chi connectivity index (χ2v) is 7.03. The summed E-state index contributed by atoms with van der Waals surface area (Å²) in [6.07, 6.45) is 0. The zero-order valence-electron chi connectivity index (χ0n) is 11.3. The van der Waals surface area contributed by atoms with E-state index in [0.717, 1.165) is 5.52 Å². The second kappa shape index (κ2) is 5.24. The molecule has 2 aromatic rings. The van der Waals surface area contributed by atoms with Crippen LogP contribution in [0.4, 0.5) is 0 Å². The quantitative estimate of drug-likeness (QED) is 0.902. The molecule has 108 valence electrons. The van der Waals surface area contributed by atoms with E-state index in [4.69, 9.17) is 5.11 Å². The molecule has 6 nitrogen and oxygen atoms in total. The third-order valence-corrected chi connectivity index (χ3v) is 4.94. The molecule has 0 bridgehead atoms. The molecular formula is C13H16N2O4S. The van der Waals surface area contributed by atoms with E-state index in [1.165, 1.54) is 12.1 Å². The molecule has 20 heavy (non-hydrogen) atoms. The van der Waals surface area contributed by atoms with E-state index in [9.17, 15) is 13.2 Å². The zero-order valence-corrected chi connectivity index (χ0v) is 12.1. The second-order valence-electron chi connectivity index (χ2n) is 4.56. The van der Waals surface area contributed by atoms with Crippen LogP contribution in [0.15, 0.2) is 18.2 Å². The minimum atomic E-state index is -3.05. The van der Waals surface area contributed by atoms with E-state index in [0.29, 0.717) is 17.9 Å². The number of aromatic nitrogens is 2. The van der Waals surface area contributed by atoms with Crippen molar-refractivity contribution in [3.05, 3.63) is 29.6 Å². The molecule has 0 atom stereocenters. The van der Waals surface area contributed by atoms with Gasteiger partial charge in [-0.2, -0.15) is 0 Å². The zero-order chi connectivity index (χ0) is 14.9. The average molecular weight is 296 g/mol. The predicted molar refractivity (Wildman–Crippen MR) is 75.8 cm³/mol. The molecule has 1 heterocycles. The van der Waals surface area contributed by atoms with Crippen LogP contribution in [0, 0.1) is 6.92 Å². The lowest BCUT2D eigenvalue weighted by Crippen LogP contribution is -2.15. The lowest BCUT2D eigenvalue weighted by molar-refractivity contribution is 0.0697. The van der Waals surface area contributed by atoms with E-state index in [-0.39, 0.29) is 17.1 Å². The number of rotatable bonds is 5. The van der Waals surface area contributed by atoms with Gasteiger partial charge in [0, 0.05) is 12.3 Å². The number of benzene rings is 1. The highest BCUT2D eigenvalue weighted by Crippen LogP contribution is 2.18. The maximum atomic E-state index is 11.6. The van der Waals surface area contributed by atoms with Crippen LogP contribution in [0.5, 0.6) is 0 Å². The lowest BCUT2D eigenvalue weighted by atomic mass is 10.2. The van der Waals surface area contributed by atoms with Crippen molar-refractivity contribution in [2.24, 2.45) is 0 Å². The summed E-state index contributed by atoms with van der Waals surface area (Å²) in [5.41, 5.74) is 1.48. The first-order valence-electron chi connectivity index (χ1n) is 6.24. The van der Waals surface area contributed by atoms with Gasteiger partial charge in [-0.05, 0) is 25.1 Å². The topological polar surface area (TPSA) is 89.3 Å². The fraction of sp³-hybridized carbons (Fsp3) is 0.385. The SMILES string of the molecule is CCS(=O)(=O)CCn1c(C)nc2cc(C(=O)O)ccc21. The van der Waals surface area contributed by atoms with Crippen molar-refractivity contribution in [2.75, 3.05) is 11.5 Å². The summed E-state index contributed by atoms with van der Waals surface area (Å²) in [6.45, 7) is 3.72. The molecule has 1 N–H and O–H groups in total. The van der Waals surface area contributed by atoms with Gasteiger partial charge in [0.15, 0.2) is 9.84 Å². The van der Waals surface area contributed by atoms with E-state index in [1.54, 1.807) is 24.5 Å². The highest BCUT2D eigenvalue weighted by molar-refractivity contribution is 7.91. The molecule has 0 saturated carbocycles. The van der Waals surface area contributed by atoms with Gasteiger partial charge in [0.2, 0.25) is 0 Å². The molecule has 0 fully saturated rings. The molecule has 0 amide bonds. The van der Waals surface area contributed by atoms with E-state index < -0.39 is 15.8 Å². The van der Waals surface area contributed by atoms with Gasteiger partial charge in [0.25, 0.3) is 0 Å². The van der Waals surface area contributed by atoms with Crippen molar-refractivity contribution in [1.29, 1.82) is 0 Å². The van der Waals surface area contributed by atoms with Gasteiger partial charge in [-0.3, -0.25) is 0 Å². The minimum Gasteiger partial charge on any atom is -0.478 e. The number of fused-ring (bicyclic) bond motifs is 1. The number of imidazole rings is 1. The number of carbonyl (C=O) groups is 1. The molecule has 1 aromatic carbocycles. The molecule has 0 unspecified atom stereocenters. The van der Waals surface area contributed by atoms with Gasteiger partial charge in [-0.15, -0.1) is 0 Å². The molecule has 0 aliphatic heterocycles. The summed E-state index contributed by atoms with van der Waals surface area (Å²) in [5, 5.41) is 8.95. The Morgan fingerprint density at radius 2 is 2.10 bits per heavy atom. The van der Waals surface area contributed by atoms with Crippen molar-refractivity contribution < 1.29 is 18.3 Å². The number of aryl methyl sites for hydroxylation is 2. The van der Waals surface area contributed by atoms with Crippen LogP contribution in [0.2, 0.25) is 0 Å². The fourth-order valence-electron chi connectivity index (χ4n) is 2.04. The average Bonchev–Trinajstić information content (AvgIpc) is 2.71. The third kappa shape index (κ3) is 2.82.